The van der Waals surface area contributed by atoms with E-state index in [4.69, 9.17) is 34.8 Å². The van der Waals surface area contributed by atoms with Crippen LogP contribution in [0.4, 0.5) is 10.3 Å². The molecule has 1 saturated heterocycles. The van der Waals surface area contributed by atoms with Gasteiger partial charge in [-0.25, -0.2) is 14.4 Å². The first kappa shape index (κ1) is 19.1. The van der Waals surface area contributed by atoms with E-state index in [2.05, 4.69) is 15.3 Å². The first-order valence-corrected chi connectivity index (χ1v) is 9.23. The highest BCUT2D eigenvalue weighted by Crippen LogP contribution is 2.29. The van der Waals surface area contributed by atoms with Gasteiger partial charge in [0.05, 0.1) is 22.3 Å². The van der Waals surface area contributed by atoms with E-state index >= 15 is 0 Å². The Morgan fingerprint density at radius 3 is 2.58 bits per heavy atom. The van der Waals surface area contributed by atoms with Crippen molar-refractivity contribution < 1.29 is 9.18 Å². The smallest absolute Gasteiger partial charge is 0.272 e. The zero-order chi connectivity index (χ0) is 18.8. The number of rotatable bonds is 4. The van der Waals surface area contributed by atoms with E-state index in [0.717, 1.165) is 25.9 Å². The number of hydrogen-bond acceptors (Lipinski definition) is 4. The lowest BCUT2D eigenvalue weighted by Gasteiger charge is -2.18. The summed E-state index contributed by atoms with van der Waals surface area (Å²) in [5, 5.41) is 3.06. The number of nitrogens with one attached hydrogen (secondary N) is 1. The molecule has 1 unspecified atom stereocenters. The van der Waals surface area contributed by atoms with Gasteiger partial charge in [-0.15, -0.1) is 0 Å². The fourth-order valence-corrected chi connectivity index (χ4v) is 3.52. The quantitative estimate of drug-likeness (QED) is 0.735. The number of anilines is 1. The van der Waals surface area contributed by atoms with Gasteiger partial charge in [-0.3, -0.25) is 4.79 Å². The van der Waals surface area contributed by atoms with Gasteiger partial charge >= 0.3 is 0 Å². The fourth-order valence-electron chi connectivity index (χ4n) is 2.80. The molecule has 0 saturated carbocycles. The maximum Gasteiger partial charge on any atom is 0.272 e. The van der Waals surface area contributed by atoms with Crippen LogP contribution in [0.1, 0.15) is 41.9 Å². The molecule has 1 atom stereocenters. The fraction of sp³-hybridized carbons (Fsp3) is 0.353. The van der Waals surface area contributed by atoms with Gasteiger partial charge in [-0.05, 0) is 37.5 Å². The third-order valence-electron chi connectivity index (χ3n) is 4.19. The van der Waals surface area contributed by atoms with Crippen LogP contribution in [0.15, 0.2) is 18.3 Å². The van der Waals surface area contributed by atoms with E-state index in [-0.39, 0.29) is 20.8 Å². The Hall–Kier alpha value is -1.63. The molecule has 0 aliphatic carbocycles. The SMILES string of the molecule is CC(NC(=O)c1nc(N2CCCC2)ncc1Cl)c1cc(F)c(Cl)cc1Cl. The lowest BCUT2D eigenvalue weighted by molar-refractivity contribution is 0.0935. The first-order valence-electron chi connectivity index (χ1n) is 8.09. The average Bonchev–Trinajstić information content (AvgIpc) is 3.13. The van der Waals surface area contributed by atoms with Gasteiger partial charge in [0.2, 0.25) is 5.95 Å². The molecule has 1 amide bonds. The van der Waals surface area contributed by atoms with Crippen LogP contribution in [0.5, 0.6) is 0 Å². The number of carbonyl (C=O) groups is 1. The van der Waals surface area contributed by atoms with E-state index in [1.165, 1.54) is 18.3 Å². The molecular weight excluding hydrogens is 402 g/mol. The standard InChI is InChI=1S/C17H16Cl3FN4O/c1-9(10-6-14(21)12(19)7-11(10)18)23-16(26)15-13(20)8-22-17(24-15)25-4-2-3-5-25/h6-9H,2-5H2,1H3,(H,23,26). The van der Waals surface area contributed by atoms with E-state index in [1.807, 2.05) is 4.90 Å². The molecule has 2 aromatic rings. The topological polar surface area (TPSA) is 58.1 Å². The van der Waals surface area contributed by atoms with E-state index < -0.39 is 17.8 Å². The van der Waals surface area contributed by atoms with Gasteiger partial charge in [0, 0.05) is 18.1 Å². The number of carbonyl (C=O) groups excluding carboxylic acids is 1. The second kappa shape index (κ2) is 7.94. The molecular formula is C17H16Cl3FN4O. The van der Waals surface area contributed by atoms with E-state index in [0.29, 0.717) is 11.5 Å². The Morgan fingerprint density at radius 2 is 1.88 bits per heavy atom. The van der Waals surface area contributed by atoms with Crippen molar-refractivity contribution in [2.75, 3.05) is 18.0 Å². The molecule has 1 aliphatic heterocycles. The molecule has 0 spiro atoms. The minimum Gasteiger partial charge on any atom is -0.344 e. The summed E-state index contributed by atoms with van der Waals surface area (Å²) < 4.78 is 13.7. The molecule has 1 aromatic heterocycles. The number of nitrogens with zero attached hydrogens (tertiary/aromatic N) is 3. The minimum atomic E-state index is -0.608. The minimum absolute atomic E-state index is 0.0703. The lowest BCUT2D eigenvalue weighted by Crippen LogP contribution is -2.29. The monoisotopic (exact) mass is 416 g/mol. The average molecular weight is 418 g/mol. The first-order chi connectivity index (χ1) is 12.4. The molecule has 1 aliphatic rings. The molecule has 1 N–H and O–H groups in total. The van der Waals surface area contributed by atoms with Crippen molar-refractivity contribution in [3.8, 4) is 0 Å². The largest absolute Gasteiger partial charge is 0.344 e. The number of amides is 1. The highest BCUT2D eigenvalue weighted by Gasteiger charge is 2.22. The summed E-state index contributed by atoms with van der Waals surface area (Å²) >= 11 is 17.9. The van der Waals surface area contributed by atoms with Crippen LogP contribution in [0.2, 0.25) is 15.1 Å². The second-order valence-electron chi connectivity index (χ2n) is 6.04. The predicted molar refractivity (Wildman–Crippen MR) is 101 cm³/mol. The predicted octanol–water partition coefficient (Wildman–Crippen LogP) is 4.67. The van der Waals surface area contributed by atoms with Crippen LogP contribution in [-0.4, -0.2) is 29.0 Å². The Labute approximate surface area is 165 Å². The van der Waals surface area contributed by atoms with Crippen LogP contribution in [0.3, 0.4) is 0 Å². The number of hydrogen-bond donors (Lipinski definition) is 1. The molecule has 0 radical (unpaired) electrons. The summed E-state index contributed by atoms with van der Waals surface area (Å²) in [6.45, 7) is 3.38. The number of benzene rings is 1. The number of halogens is 4. The third-order valence-corrected chi connectivity index (χ3v) is 5.08. The van der Waals surface area contributed by atoms with Gasteiger partial charge in [0.25, 0.3) is 5.91 Å². The summed E-state index contributed by atoms with van der Waals surface area (Å²) in [6.07, 6.45) is 3.53. The molecule has 3 rings (SSSR count). The molecule has 5 nitrogen and oxygen atoms in total. The van der Waals surface area contributed by atoms with Crippen LogP contribution in [0, 0.1) is 5.82 Å². The molecule has 1 aromatic carbocycles. The van der Waals surface area contributed by atoms with Crippen LogP contribution < -0.4 is 10.2 Å². The molecule has 138 valence electrons. The molecule has 0 bridgehead atoms. The van der Waals surface area contributed by atoms with Crippen molar-refractivity contribution >= 4 is 46.7 Å². The molecule has 1 fully saturated rings. The van der Waals surface area contributed by atoms with Gasteiger partial charge in [0.1, 0.15) is 5.82 Å². The van der Waals surface area contributed by atoms with Gasteiger partial charge < -0.3 is 10.2 Å². The highest BCUT2D eigenvalue weighted by atomic mass is 35.5. The maximum atomic E-state index is 13.7. The lowest BCUT2D eigenvalue weighted by atomic mass is 10.1. The third kappa shape index (κ3) is 4.03. The normalized spacial score (nSPS) is 15.2. The van der Waals surface area contributed by atoms with Crippen molar-refractivity contribution in [2.24, 2.45) is 0 Å². The maximum absolute atomic E-state index is 13.7. The van der Waals surface area contributed by atoms with Crippen LogP contribution in [0.25, 0.3) is 0 Å². The summed E-state index contributed by atoms with van der Waals surface area (Å²) in [5.41, 5.74) is 0.479. The summed E-state index contributed by atoms with van der Waals surface area (Å²) in [5.74, 6) is -0.624. The van der Waals surface area contributed by atoms with Crippen molar-refractivity contribution in [2.45, 2.75) is 25.8 Å². The van der Waals surface area contributed by atoms with Crippen molar-refractivity contribution in [1.29, 1.82) is 0 Å². The summed E-state index contributed by atoms with van der Waals surface area (Å²) in [6, 6.07) is 1.94. The van der Waals surface area contributed by atoms with Crippen LogP contribution in [-0.2, 0) is 0 Å². The Bertz CT molecular complexity index is 843. The van der Waals surface area contributed by atoms with Crippen molar-refractivity contribution in [3.05, 3.63) is 50.5 Å². The molecule has 26 heavy (non-hydrogen) atoms. The zero-order valence-corrected chi connectivity index (χ0v) is 16.2. The molecule has 2 heterocycles. The second-order valence-corrected chi connectivity index (χ2v) is 7.27. The summed E-state index contributed by atoms with van der Waals surface area (Å²) in [4.78, 5) is 23.1. The highest BCUT2D eigenvalue weighted by molar-refractivity contribution is 6.35. The summed E-state index contributed by atoms with van der Waals surface area (Å²) in [7, 11) is 0. The van der Waals surface area contributed by atoms with Gasteiger partial charge in [-0.2, -0.15) is 0 Å². The van der Waals surface area contributed by atoms with Crippen molar-refractivity contribution in [3.63, 3.8) is 0 Å². The zero-order valence-electron chi connectivity index (χ0n) is 13.9. The Balaban J connectivity index is 1.81. The Kier molecular flexibility index (Phi) is 5.85. The Morgan fingerprint density at radius 1 is 1.19 bits per heavy atom. The van der Waals surface area contributed by atoms with Crippen molar-refractivity contribution in [1.82, 2.24) is 15.3 Å². The molecule has 9 heteroatoms. The van der Waals surface area contributed by atoms with Crippen LogP contribution >= 0.6 is 34.8 Å². The van der Waals surface area contributed by atoms with Gasteiger partial charge in [0.15, 0.2) is 5.69 Å². The number of aromatic nitrogens is 2. The van der Waals surface area contributed by atoms with Gasteiger partial charge in [-0.1, -0.05) is 34.8 Å². The van der Waals surface area contributed by atoms with E-state index in [9.17, 15) is 9.18 Å². The van der Waals surface area contributed by atoms with E-state index in [1.54, 1.807) is 6.92 Å².